The number of hydrogen-bond acceptors (Lipinski definition) is 7. The topological polar surface area (TPSA) is 100 Å². The van der Waals surface area contributed by atoms with Gasteiger partial charge in [-0.25, -0.2) is 15.0 Å². The van der Waals surface area contributed by atoms with E-state index in [1.165, 1.54) is 5.56 Å². The van der Waals surface area contributed by atoms with Gasteiger partial charge in [-0.15, -0.1) is 0 Å². The summed E-state index contributed by atoms with van der Waals surface area (Å²) in [5.74, 6) is 0.829. The molecule has 8 nitrogen and oxygen atoms in total. The zero-order valence-electron chi connectivity index (χ0n) is 21.9. The van der Waals surface area contributed by atoms with E-state index >= 15 is 0 Å². The second kappa shape index (κ2) is 7.65. The summed E-state index contributed by atoms with van der Waals surface area (Å²) in [4.78, 5) is 13.6. The Labute approximate surface area is 216 Å². The fourth-order valence-corrected chi connectivity index (χ4v) is 7.29. The molecule has 0 amide bonds. The Balaban J connectivity index is 1.18. The van der Waals surface area contributed by atoms with E-state index < -0.39 is 5.79 Å². The highest BCUT2D eigenvalue weighted by Crippen LogP contribution is 2.74. The fraction of sp³-hybridized carbons (Fsp3) is 0.483. The minimum absolute atomic E-state index is 0.0665. The number of pyridine rings is 1. The van der Waals surface area contributed by atoms with E-state index in [1.807, 2.05) is 19.9 Å². The molecule has 1 aromatic carbocycles. The Hall–Kier alpha value is -3.23. The molecule has 3 N–H and O–H groups in total. The minimum atomic E-state index is -0.602. The maximum atomic E-state index is 6.69. The van der Waals surface area contributed by atoms with E-state index in [0.29, 0.717) is 11.9 Å². The number of nitrogens with two attached hydrogens (primary N) is 1. The molecule has 4 atom stereocenters. The molecule has 0 radical (unpaired) electrons. The van der Waals surface area contributed by atoms with Gasteiger partial charge in [0.05, 0.1) is 23.0 Å². The number of aryl methyl sites for hydroxylation is 1. The van der Waals surface area contributed by atoms with Crippen molar-refractivity contribution in [3.05, 3.63) is 54.5 Å². The molecule has 4 aliphatic rings. The first-order chi connectivity index (χ1) is 17.7. The largest absolute Gasteiger partial charge is 0.383 e. The first kappa shape index (κ1) is 22.9. The van der Waals surface area contributed by atoms with Crippen molar-refractivity contribution in [1.29, 1.82) is 0 Å². The van der Waals surface area contributed by atoms with Gasteiger partial charge in [0, 0.05) is 23.0 Å². The SMILES string of the molecule is CC(C)Nc1ccc2ccc(CC[C@]34C[C@@H](n5ccc6c(N)ncnc65)[C@@]5(C3)OC(C)(C)O[C@H]45)cc2n1. The van der Waals surface area contributed by atoms with Crippen molar-refractivity contribution in [2.24, 2.45) is 5.41 Å². The van der Waals surface area contributed by atoms with Crippen molar-refractivity contribution in [3.8, 4) is 0 Å². The van der Waals surface area contributed by atoms with Crippen molar-refractivity contribution in [2.75, 3.05) is 11.1 Å². The monoisotopic (exact) mass is 498 g/mol. The lowest BCUT2D eigenvalue weighted by atomic mass is 9.61. The zero-order chi connectivity index (χ0) is 25.6. The molecular weight excluding hydrogens is 464 g/mol. The van der Waals surface area contributed by atoms with Crippen LogP contribution in [0.4, 0.5) is 11.6 Å². The smallest absolute Gasteiger partial charge is 0.164 e. The van der Waals surface area contributed by atoms with E-state index in [1.54, 1.807) is 6.33 Å². The van der Waals surface area contributed by atoms with E-state index in [2.05, 4.69) is 70.2 Å². The van der Waals surface area contributed by atoms with Crippen LogP contribution in [0.15, 0.2) is 48.9 Å². The number of fused-ring (bicyclic) bond motifs is 3. The summed E-state index contributed by atoms with van der Waals surface area (Å²) in [7, 11) is 0. The molecule has 4 heterocycles. The van der Waals surface area contributed by atoms with Crippen LogP contribution in [0, 0.1) is 5.41 Å². The predicted molar refractivity (Wildman–Crippen MR) is 144 cm³/mol. The standard InChI is InChI=1S/C29H34N6O2/c1-17(2)33-23-8-7-19-6-5-18(13-21(19)34-23)9-11-28-14-22(29(15-28)26(28)36-27(3,4)37-29)35-12-10-20-24(30)31-16-32-25(20)35/h5-8,10,12-13,16-17,22,26H,9,11,14-15H2,1-4H3,(H,33,34)(H2,30,31,32)/t22-,26-,28+,29-/m1/s1. The summed E-state index contributed by atoms with van der Waals surface area (Å²) >= 11 is 0. The molecule has 192 valence electrons. The Kier molecular flexibility index (Phi) is 4.74. The highest BCUT2D eigenvalue weighted by atomic mass is 16.8. The maximum Gasteiger partial charge on any atom is 0.164 e. The second-order valence-electron chi connectivity index (χ2n) is 12.0. The van der Waals surface area contributed by atoms with Crippen LogP contribution in [0.5, 0.6) is 0 Å². The number of hydrogen-bond donors (Lipinski definition) is 2. The number of rotatable bonds is 6. The number of nitrogens with one attached hydrogen (secondary N) is 1. The second-order valence-corrected chi connectivity index (χ2v) is 12.0. The van der Waals surface area contributed by atoms with Gasteiger partial charge >= 0.3 is 0 Å². The lowest BCUT2D eigenvalue weighted by molar-refractivity contribution is -0.165. The average molecular weight is 499 g/mol. The summed E-state index contributed by atoms with van der Waals surface area (Å²) in [6.45, 7) is 8.32. The molecule has 0 unspecified atom stereocenters. The fourth-order valence-electron chi connectivity index (χ4n) is 7.29. The summed E-state index contributed by atoms with van der Waals surface area (Å²) < 4.78 is 15.5. The quantitative estimate of drug-likeness (QED) is 0.375. The highest BCUT2D eigenvalue weighted by molar-refractivity contribution is 5.86. The highest BCUT2D eigenvalue weighted by Gasteiger charge is 2.80. The zero-order valence-corrected chi connectivity index (χ0v) is 21.9. The van der Waals surface area contributed by atoms with Gasteiger partial charge in [0.15, 0.2) is 5.79 Å². The van der Waals surface area contributed by atoms with E-state index in [0.717, 1.165) is 53.4 Å². The number of benzene rings is 1. The van der Waals surface area contributed by atoms with E-state index in [-0.39, 0.29) is 23.2 Å². The number of ether oxygens (including phenoxy) is 2. The van der Waals surface area contributed by atoms with Crippen molar-refractivity contribution in [2.45, 2.75) is 83.0 Å². The molecule has 37 heavy (non-hydrogen) atoms. The molecule has 8 heteroatoms. The molecular formula is C29H34N6O2. The molecule has 1 saturated heterocycles. The predicted octanol–water partition coefficient (Wildman–Crippen LogP) is 5.24. The van der Waals surface area contributed by atoms with Gasteiger partial charge in [-0.2, -0.15) is 0 Å². The summed E-state index contributed by atoms with van der Waals surface area (Å²) in [6.07, 6.45) is 7.71. The molecule has 3 aliphatic carbocycles. The van der Waals surface area contributed by atoms with Crippen LogP contribution in [-0.2, 0) is 15.9 Å². The van der Waals surface area contributed by atoms with Crippen LogP contribution < -0.4 is 11.1 Å². The number of nitrogens with zero attached hydrogens (tertiary/aromatic N) is 4. The minimum Gasteiger partial charge on any atom is -0.383 e. The van der Waals surface area contributed by atoms with Crippen molar-refractivity contribution in [3.63, 3.8) is 0 Å². The first-order valence-electron chi connectivity index (χ1n) is 13.3. The summed E-state index contributed by atoms with van der Waals surface area (Å²) in [5, 5.41) is 5.46. The van der Waals surface area contributed by atoms with Crippen LogP contribution in [0.25, 0.3) is 21.9 Å². The Morgan fingerprint density at radius 1 is 1.16 bits per heavy atom. The third-order valence-corrected chi connectivity index (χ3v) is 8.61. The van der Waals surface area contributed by atoms with Gasteiger partial charge in [0.25, 0.3) is 0 Å². The van der Waals surface area contributed by atoms with E-state index in [9.17, 15) is 0 Å². The molecule has 1 spiro atoms. The van der Waals surface area contributed by atoms with Crippen LogP contribution in [0.3, 0.4) is 0 Å². The summed E-state index contributed by atoms with van der Waals surface area (Å²) in [5.41, 5.74) is 9.08. The van der Waals surface area contributed by atoms with Gasteiger partial charge in [0.1, 0.15) is 29.2 Å². The van der Waals surface area contributed by atoms with Gasteiger partial charge in [-0.05, 0) is 83.2 Å². The third kappa shape index (κ3) is 3.38. The van der Waals surface area contributed by atoms with Gasteiger partial charge in [-0.1, -0.05) is 12.1 Å². The number of nitrogen functional groups attached to an aromatic ring is 1. The Bertz CT molecular complexity index is 1530. The molecule has 4 fully saturated rings. The Morgan fingerprint density at radius 3 is 2.84 bits per heavy atom. The molecule has 2 bridgehead atoms. The molecule has 4 aromatic rings. The van der Waals surface area contributed by atoms with Crippen molar-refractivity contribution in [1.82, 2.24) is 19.5 Å². The van der Waals surface area contributed by atoms with E-state index in [4.69, 9.17) is 20.2 Å². The van der Waals surface area contributed by atoms with Gasteiger partial charge in [-0.3, -0.25) is 0 Å². The average Bonchev–Trinajstić information content (AvgIpc) is 3.53. The molecule has 3 saturated carbocycles. The molecule has 8 rings (SSSR count). The van der Waals surface area contributed by atoms with Crippen LogP contribution in [0.2, 0.25) is 0 Å². The van der Waals surface area contributed by atoms with Crippen molar-refractivity contribution < 1.29 is 9.47 Å². The van der Waals surface area contributed by atoms with Gasteiger partial charge < -0.3 is 25.1 Å². The molecule has 3 aromatic heterocycles. The van der Waals surface area contributed by atoms with Crippen LogP contribution in [0.1, 0.15) is 58.6 Å². The maximum absolute atomic E-state index is 6.69. The Morgan fingerprint density at radius 2 is 2.00 bits per heavy atom. The molecule has 1 aliphatic heterocycles. The van der Waals surface area contributed by atoms with Gasteiger partial charge in [0.2, 0.25) is 0 Å². The first-order valence-corrected chi connectivity index (χ1v) is 13.3. The van der Waals surface area contributed by atoms with Crippen molar-refractivity contribution >= 4 is 33.6 Å². The lowest BCUT2D eigenvalue weighted by Gasteiger charge is -2.49. The van der Waals surface area contributed by atoms with Crippen LogP contribution in [-0.4, -0.2) is 43.1 Å². The normalized spacial score (nSPS) is 29.6. The third-order valence-electron chi connectivity index (χ3n) is 8.61. The lowest BCUT2D eigenvalue weighted by Crippen LogP contribution is -2.58. The van der Waals surface area contributed by atoms with Crippen LogP contribution >= 0.6 is 0 Å². The number of aromatic nitrogens is 4. The summed E-state index contributed by atoms with van der Waals surface area (Å²) in [6, 6.07) is 13.4. The number of anilines is 2.